The Morgan fingerprint density at radius 3 is 2.91 bits per heavy atom. The maximum Gasteiger partial charge on any atom is 0.255 e. The van der Waals surface area contributed by atoms with Gasteiger partial charge in [-0.25, -0.2) is 0 Å². The van der Waals surface area contributed by atoms with Gasteiger partial charge in [-0.1, -0.05) is 25.1 Å². The smallest absolute Gasteiger partial charge is 0.255 e. The van der Waals surface area contributed by atoms with Gasteiger partial charge in [0.15, 0.2) is 0 Å². The molecule has 2 N–H and O–H groups in total. The Bertz CT molecular complexity index is 743. The summed E-state index contributed by atoms with van der Waals surface area (Å²) in [6.07, 6.45) is 0.855. The average molecular weight is 312 g/mol. The summed E-state index contributed by atoms with van der Waals surface area (Å²) in [5, 5.41) is 5.74. The minimum Gasteiger partial charge on any atom is -0.324 e. The van der Waals surface area contributed by atoms with Crippen LogP contribution in [0.25, 0.3) is 0 Å². The lowest BCUT2D eigenvalue weighted by atomic mass is 10.1. The number of rotatable bonds is 3. The molecule has 0 aliphatic carbocycles. The van der Waals surface area contributed by atoms with Gasteiger partial charge >= 0.3 is 0 Å². The van der Waals surface area contributed by atoms with Gasteiger partial charge in [0.1, 0.15) is 0 Å². The van der Waals surface area contributed by atoms with Gasteiger partial charge in [0.2, 0.25) is 5.91 Å². The monoisotopic (exact) mass is 312 g/mol. The van der Waals surface area contributed by atoms with Crippen LogP contribution in [0.3, 0.4) is 0 Å². The molecule has 0 saturated carbocycles. The summed E-state index contributed by atoms with van der Waals surface area (Å²) in [6, 6.07) is 13.1. The van der Waals surface area contributed by atoms with Crippen molar-refractivity contribution in [2.24, 2.45) is 0 Å². The maximum absolute atomic E-state index is 12.4. The van der Waals surface area contributed by atoms with E-state index in [0.29, 0.717) is 17.0 Å². The van der Waals surface area contributed by atoms with E-state index in [1.54, 1.807) is 12.1 Å². The molecule has 0 atom stereocenters. The molecule has 0 aromatic heterocycles. The van der Waals surface area contributed by atoms with Gasteiger partial charge in [-0.2, -0.15) is 0 Å². The normalized spacial score (nSPS) is 13.2. The third kappa shape index (κ3) is 2.99. The zero-order valence-corrected chi connectivity index (χ0v) is 13.0. The molecule has 0 bridgehead atoms. The number of carbonyl (C=O) groups excluding carboxylic acids is 2. The van der Waals surface area contributed by atoms with E-state index in [9.17, 15) is 9.59 Å². The molecule has 0 unspecified atom stereocenters. The maximum atomic E-state index is 12.4. The number of thioether (sulfide) groups is 1. The molecule has 1 heterocycles. The molecule has 0 saturated heterocycles. The Morgan fingerprint density at radius 2 is 2.09 bits per heavy atom. The van der Waals surface area contributed by atoms with Crippen molar-refractivity contribution in [3.63, 3.8) is 0 Å². The first-order valence-corrected chi connectivity index (χ1v) is 8.12. The number of para-hydroxylation sites is 1. The summed E-state index contributed by atoms with van der Waals surface area (Å²) in [5.41, 5.74) is 3.16. The second-order valence-electron chi connectivity index (χ2n) is 5.01. The zero-order valence-electron chi connectivity index (χ0n) is 12.2. The summed E-state index contributed by atoms with van der Waals surface area (Å²) < 4.78 is 0. The Kier molecular flexibility index (Phi) is 4.15. The largest absolute Gasteiger partial charge is 0.324 e. The van der Waals surface area contributed by atoms with Crippen LogP contribution >= 0.6 is 11.8 Å². The highest BCUT2D eigenvalue weighted by atomic mass is 32.2. The van der Waals surface area contributed by atoms with Crippen LogP contribution in [0.1, 0.15) is 22.8 Å². The lowest BCUT2D eigenvalue weighted by Gasteiger charge is -2.17. The van der Waals surface area contributed by atoms with E-state index in [2.05, 4.69) is 17.6 Å². The first kappa shape index (κ1) is 14.7. The van der Waals surface area contributed by atoms with Crippen molar-refractivity contribution < 1.29 is 9.59 Å². The van der Waals surface area contributed by atoms with Crippen molar-refractivity contribution in [1.29, 1.82) is 0 Å². The van der Waals surface area contributed by atoms with Gasteiger partial charge in [0.05, 0.1) is 11.4 Å². The second kappa shape index (κ2) is 6.23. The SMILES string of the molecule is CCc1ccccc1NC(=O)c1ccc2c(c1)NC(=O)CS2. The molecule has 1 aliphatic rings. The lowest BCUT2D eigenvalue weighted by molar-refractivity contribution is -0.113. The topological polar surface area (TPSA) is 58.2 Å². The van der Waals surface area contributed by atoms with Crippen LogP contribution in [0.15, 0.2) is 47.4 Å². The molecule has 112 valence electrons. The highest BCUT2D eigenvalue weighted by Crippen LogP contribution is 2.32. The van der Waals surface area contributed by atoms with E-state index < -0.39 is 0 Å². The summed E-state index contributed by atoms with van der Waals surface area (Å²) in [6.45, 7) is 2.05. The molecule has 1 aliphatic heterocycles. The quantitative estimate of drug-likeness (QED) is 0.911. The highest BCUT2D eigenvalue weighted by molar-refractivity contribution is 8.00. The van der Waals surface area contributed by atoms with Crippen molar-refractivity contribution in [2.45, 2.75) is 18.2 Å². The fourth-order valence-corrected chi connectivity index (χ4v) is 3.16. The zero-order chi connectivity index (χ0) is 15.5. The molecule has 2 aromatic carbocycles. The Labute approximate surface area is 133 Å². The van der Waals surface area contributed by atoms with Gasteiger partial charge in [-0.15, -0.1) is 11.8 Å². The number of benzene rings is 2. The van der Waals surface area contributed by atoms with Crippen LogP contribution in [0.5, 0.6) is 0 Å². The number of aryl methyl sites for hydroxylation is 1. The Hall–Kier alpha value is -2.27. The summed E-state index contributed by atoms with van der Waals surface area (Å²) in [7, 11) is 0. The Morgan fingerprint density at radius 1 is 1.27 bits per heavy atom. The van der Waals surface area contributed by atoms with Crippen molar-refractivity contribution in [2.75, 3.05) is 16.4 Å². The summed E-state index contributed by atoms with van der Waals surface area (Å²) in [4.78, 5) is 24.9. The molecule has 4 nitrogen and oxygen atoms in total. The number of amides is 2. The molecule has 2 aromatic rings. The van der Waals surface area contributed by atoms with Crippen molar-refractivity contribution in [3.05, 3.63) is 53.6 Å². The van der Waals surface area contributed by atoms with Gasteiger partial charge in [0, 0.05) is 16.1 Å². The van der Waals surface area contributed by atoms with E-state index >= 15 is 0 Å². The van der Waals surface area contributed by atoms with Crippen LogP contribution in [0.2, 0.25) is 0 Å². The molecule has 5 heteroatoms. The molecule has 22 heavy (non-hydrogen) atoms. The van der Waals surface area contributed by atoms with E-state index in [1.165, 1.54) is 11.8 Å². The van der Waals surface area contributed by atoms with Crippen molar-refractivity contribution in [3.8, 4) is 0 Å². The number of carbonyl (C=O) groups is 2. The summed E-state index contributed by atoms with van der Waals surface area (Å²) >= 11 is 1.48. The number of fused-ring (bicyclic) bond motifs is 1. The Balaban J connectivity index is 1.83. The predicted octanol–water partition coefficient (Wildman–Crippen LogP) is 3.55. The lowest BCUT2D eigenvalue weighted by Crippen LogP contribution is -2.20. The van der Waals surface area contributed by atoms with Crippen molar-refractivity contribution >= 4 is 35.0 Å². The molecule has 0 radical (unpaired) electrons. The number of anilines is 2. The predicted molar refractivity (Wildman–Crippen MR) is 89.6 cm³/mol. The summed E-state index contributed by atoms with van der Waals surface area (Å²) in [5.74, 6) is 0.211. The molecule has 0 fully saturated rings. The third-order valence-corrected chi connectivity index (χ3v) is 4.59. The average Bonchev–Trinajstić information content (AvgIpc) is 2.54. The fraction of sp³-hybridized carbons (Fsp3) is 0.176. The second-order valence-corrected chi connectivity index (χ2v) is 6.03. The van der Waals surface area contributed by atoms with E-state index in [4.69, 9.17) is 0 Å². The van der Waals surface area contributed by atoms with E-state index in [-0.39, 0.29) is 11.8 Å². The van der Waals surface area contributed by atoms with Crippen LogP contribution < -0.4 is 10.6 Å². The van der Waals surface area contributed by atoms with Crippen LogP contribution in [0.4, 0.5) is 11.4 Å². The number of hydrogen-bond acceptors (Lipinski definition) is 3. The van der Waals surface area contributed by atoms with E-state index in [0.717, 1.165) is 22.6 Å². The minimum atomic E-state index is -0.173. The molecule has 0 spiro atoms. The van der Waals surface area contributed by atoms with Gasteiger partial charge in [0.25, 0.3) is 5.91 Å². The fourth-order valence-electron chi connectivity index (χ4n) is 2.37. The van der Waals surface area contributed by atoms with Crippen molar-refractivity contribution in [1.82, 2.24) is 0 Å². The first-order chi connectivity index (χ1) is 10.7. The molecular formula is C17H16N2O2S. The van der Waals surface area contributed by atoms with Gasteiger partial charge < -0.3 is 10.6 Å². The van der Waals surface area contributed by atoms with Gasteiger partial charge in [-0.05, 0) is 36.2 Å². The number of nitrogens with one attached hydrogen (secondary N) is 2. The first-order valence-electron chi connectivity index (χ1n) is 7.13. The van der Waals surface area contributed by atoms with E-state index in [1.807, 2.05) is 30.3 Å². The minimum absolute atomic E-state index is 0.0358. The standard InChI is InChI=1S/C17H16N2O2S/c1-2-11-5-3-4-6-13(11)19-17(21)12-7-8-15-14(9-12)18-16(20)10-22-15/h3-9H,2,10H2,1H3,(H,18,20)(H,19,21). The molecule has 2 amide bonds. The van der Waals surface area contributed by atoms with Gasteiger partial charge in [-0.3, -0.25) is 9.59 Å². The van der Waals surface area contributed by atoms with Crippen LogP contribution in [-0.4, -0.2) is 17.6 Å². The van der Waals surface area contributed by atoms with Crippen LogP contribution in [0, 0.1) is 0 Å². The molecular weight excluding hydrogens is 296 g/mol. The molecule has 3 rings (SSSR count). The number of hydrogen-bond donors (Lipinski definition) is 2. The van der Waals surface area contributed by atoms with Crippen LogP contribution in [-0.2, 0) is 11.2 Å². The third-order valence-electron chi connectivity index (χ3n) is 3.52. The highest BCUT2D eigenvalue weighted by Gasteiger charge is 2.17.